The van der Waals surface area contributed by atoms with Crippen LogP contribution in [0.2, 0.25) is 0 Å². The van der Waals surface area contributed by atoms with Crippen molar-refractivity contribution in [2.75, 3.05) is 45.2 Å². The van der Waals surface area contributed by atoms with Gasteiger partial charge in [0.25, 0.3) is 11.8 Å². The van der Waals surface area contributed by atoms with Crippen molar-refractivity contribution in [2.24, 2.45) is 5.92 Å². The van der Waals surface area contributed by atoms with Crippen LogP contribution in [0.5, 0.6) is 0 Å². The number of hydrogen-bond acceptors (Lipinski definition) is 5. The second-order valence-electron chi connectivity index (χ2n) is 9.99. The standard InChI is InChI=1S/C28H35FN4O4/c1-19(2)15-25(30-26(35)20-9-11-23(12-10-20)31(3)4)28(37)33-14-6-13-32(17-24(34)18-33)27(36)21-7-5-8-22(29)16-21/h5,7-12,16,19,25H,6,13-15,17-18H2,1-4H3,(H,30,35)/t25-/m0/s1. The Morgan fingerprint density at radius 1 is 0.973 bits per heavy atom. The first-order valence-corrected chi connectivity index (χ1v) is 12.5. The maximum absolute atomic E-state index is 13.6. The fourth-order valence-corrected chi connectivity index (χ4v) is 4.32. The van der Waals surface area contributed by atoms with Crippen molar-refractivity contribution in [3.63, 3.8) is 0 Å². The van der Waals surface area contributed by atoms with Crippen molar-refractivity contribution >= 4 is 29.2 Å². The predicted molar refractivity (Wildman–Crippen MR) is 140 cm³/mol. The monoisotopic (exact) mass is 510 g/mol. The summed E-state index contributed by atoms with van der Waals surface area (Å²) >= 11 is 0. The topological polar surface area (TPSA) is 90.0 Å². The lowest BCUT2D eigenvalue weighted by Crippen LogP contribution is -2.53. The van der Waals surface area contributed by atoms with E-state index in [9.17, 15) is 23.6 Å². The molecule has 1 aliphatic rings. The van der Waals surface area contributed by atoms with Crippen LogP contribution in [0.1, 0.15) is 47.4 Å². The van der Waals surface area contributed by atoms with Crippen LogP contribution in [-0.2, 0) is 9.59 Å². The van der Waals surface area contributed by atoms with Crippen molar-refractivity contribution < 1.29 is 23.6 Å². The summed E-state index contributed by atoms with van der Waals surface area (Å²) in [4.78, 5) is 56.8. The number of rotatable bonds is 7. The van der Waals surface area contributed by atoms with Crippen molar-refractivity contribution in [2.45, 2.75) is 32.7 Å². The van der Waals surface area contributed by atoms with Gasteiger partial charge in [0.15, 0.2) is 5.78 Å². The summed E-state index contributed by atoms with van der Waals surface area (Å²) in [6.07, 6.45) is 0.879. The SMILES string of the molecule is CC(C)C[C@H](NC(=O)c1ccc(N(C)C)cc1)C(=O)N1CCCN(C(=O)c2cccc(F)c2)CC(=O)C1. The van der Waals surface area contributed by atoms with Gasteiger partial charge in [0.1, 0.15) is 11.9 Å². The number of nitrogens with zero attached hydrogens (tertiary/aromatic N) is 3. The first kappa shape index (κ1) is 27.8. The van der Waals surface area contributed by atoms with E-state index in [1.807, 2.05) is 45.0 Å². The fraction of sp³-hybridized carbons (Fsp3) is 0.429. The first-order valence-electron chi connectivity index (χ1n) is 12.5. The van der Waals surface area contributed by atoms with Crippen LogP contribution in [0.4, 0.5) is 10.1 Å². The Labute approximate surface area is 217 Å². The van der Waals surface area contributed by atoms with E-state index < -0.39 is 17.8 Å². The Morgan fingerprint density at radius 3 is 2.24 bits per heavy atom. The highest BCUT2D eigenvalue weighted by atomic mass is 19.1. The third-order valence-corrected chi connectivity index (χ3v) is 6.22. The van der Waals surface area contributed by atoms with Crippen LogP contribution < -0.4 is 10.2 Å². The molecule has 1 fully saturated rings. The van der Waals surface area contributed by atoms with Gasteiger partial charge in [-0.25, -0.2) is 4.39 Å². The number of benzene rings is 2. The minimum absolute atomic E-state index is 0.134. The maximum Gasteiger partial charge on any atom is 0.254 e. The summed E-state index contributed by atoms with van der Waals surface area (Å²) in [6, 6.07) is 11.7. The number of Topliss-reactive ketones (excluding diaryl/α,β-unsaturated/α-hetero) is 1. The zero-order valence-corrected chi connectivity index (χ0v) is 21.9. The molecule has 198 valence electrons. The predicted octanol–water partition coefficient (Wildman–Crippen LogP) is 2.98. The van der Waals surface area contributed by atoms with Crippen molar-refractivity contribution in [1.82, 2.24) is 15.1 Å². The second kappa shape index (κ2) is 12.5. The normalized spacial score (nSPS) is 15.1. The third kappa shape index (κ3) is 7.62. The molecule has 2 aromatic rings. The molecule has 1 heterocycles. The molecule has 0 spiro atoms. The quantitative estimate of drug-likeness (QED) is 0.619. The van der Waals surface area contributed by atoms with Crippen molar-refractivity contribution in [3.8, 4) is 0 Å². The van der Waals surface area contributed by atoms with Gasteiger partial charge < -0.3 is 20.0 Å². The molecule has 3 rings (SSSR count). The molecule has 0 saturated carbocycles. The summed E-state index contributed by atoms with van der Waals surface area (Å²) in [6.45, 7) is 4.12. The lowest BCUT2D eigenvalue weighted by molar-refractivity contribution is -0.138. The van der Waals surface area contributed by atoms with Crippen LogP contribution in [0.25, 0.3) is 0 Å². The number of hydrogen-bond donors (Lipinski definition) is 1. The lowest BCUT2D eigenvalue weighted by Gasteiger charge is -2.32. The molecule has 8 nitrogen and oxygen atoms in total. The third-order valence-electron chi connectivity index (χ3n) is 6.22. The van der Waals surface area contributed by atoms with Gasteiger partial charge in [-0.3, -0.25) is 19.2 Å². The minimum Gasteiger partial charge on any atom is -0.378 e. The molecule has 9 heteroatoms. The first-order chi connectivity index (χ1) is 17.5. The Bertz CT molecular complexity index is 1130. The summed E-state index contributed by atoms with van der Waals surface area (Å²) in [7, 11) is 3.82. The largest absolute Gasteiger partial charge is 0.378 e. The smallest absolute Gasteiger partial charge is 0.254 e. The van der Waals surface area contributed by atoms with E-state index in [1.165, 1.54) is 28.0 Å². The van der Waals surface area contributed by atoms with Gasteiger partial charge >= 0.3 is 0 Å². The van der Waals surface area contributed by atoms with E-state index in [1.54, 1.807) is 12.1 Å². The Kier molecular flexibility index (Phi) is 9.38. The van der Waals surface area contributed by atoms with Gasteiger partial charge in [-0.2, -0.15) is 0 Å². The minimum atomic E-state index is -0.779. The zero-order chi connectivity index (χ0) is 27.1. The molecule has 1 saturated heterocycles. The van der Waals surface area contributed by atoms with Gasteiger partial charge in [0.2, 0.25) is 5.91 Å². The second-order valence-corrected chi connectivity index (χ2v) is 9.99. The molecule has 0 radical (unpaired) electrons. The van der Waals surface area contributed by atoms with E-state index in [0.29, 0.717) is 18.4 Å². The van der Waals surface area contributed by atoms with Crippen LogP contribution in [0, 0.1) is 11.7 Å². The van der Waals surface area contributed by atoms with Crippen LogP contribution >= 0.6 is 0 Å². The molecular formula is C28H35FN4O4. The number of ketones is 1. The number of nitrogens with one attached hydrogen (secondary N) is 1. The molecule has 0 aliphatic carbocycles. The average Bonchev–Trinajstić information content (AvgIpc) is 2.84. The average molecular weight is 511 g/mol. The van der Waals surface area contributed by atoms with Gasteiger partial charge in [-0.05, 0) is 61.2 Å². The summed E-state index contributed by atoms with van der Waals surface area (Å²) in [5.74, 6) is -1.77. The fourth-order valence-electron chi connectivity index (χ4n) is 4.32. The molecule has 0 unspecified atom stereocenters. The number of amides is 3. The molecule has 37 heavy (non-hydrogen) atoms. The van der Waals surface area contributed by atoms with Crippen molar-refractivity contribution in [3.05, 3.63) is 65.5 Å². The Hall–Kier alpha value is -3.75. The van der Waals surface area contributed by atoms with E-state index in [-0.39, 0.29) is 55.3 Å². The highest BCUT2D eigenvalue weighted by Gasteiger charge is 2.31. The molecule has 0 bridgehead atoms. The van der Waals surface area contributed by atoms with Gasteiger partial charge in [0.05, 0.1) is 13.1 Å². The molecule has 3 amide bonds. The van der Waals surface area contributed by atoms with E-state index >= 15 is 0 Å². The molecule has 1 aliphatic heterocycles. The maximum atomic E-state index is 13.6. The molecule has 0 aromatic heterocycles. The number of carbonyl (C=O) groups excluding carboxylic acids is 4. The van der Waals surface area contributed by atoms with Crippen LogP contribution in [-0.4, -0.2) is 79.6 Å². The summed E-state index contributed by atoms with van der Waals surface area (Å²) < 4.78 is 13.6. The molecule has 1 atom stereocenters. The summed E-state index contributed by atoms with van der Waals surface area (Å²) in [5.41, 5.74) is 1.58. The summed E-state index contributed by atoms with van der Waals surface area (Å²) in [5, 5.41) is 2.86. The van der Waals surface area contributed by atoms with Gasteiger partial charge in [-0.1, -0.05) is 19.9 Å². The molecule has 1 N–H and O–H groups in total. The van der Waals surface area contributed by atoms with Crippen LogP contribution in [0.3, 0.4) is 0 Å². The van der Waals surface area contributed by atoms with E-state index in [0.717, 1.165) is 11.8 Å². The number of anilines is 1. The number of halogens is 1. The Balaban J connectivity index is 1.67. The molecular weight excluding hydrogens is 475 g/mol. The van der Waals surface area contributed by atoms with E-state index in [2.05, 4.69) is 5.32 Å². The van der Waals surface area contributed by atoms with Gasteiger partial charge in [0, 0.05) is 44.0 Å². The van der Waals surface area contributed by atoms with Crippen LogP contribution in [0.15, 0.2) is 48.5 Å². The zero-order valence-electron chi connectivity index (χ0n) is 21.9. The Morgan fingerprint density at radius 2 is 1.62 bits per heavy atom. The molecule has 2 aromatic carbocycles. The van der Waals surface area contributed by atoms with Crippen molar-refractivity contribution in [1.29, 1.82) is 0 Å². The van der Waals surface area contributed by atoms with E-state index in [4.69, 9.17) is 0 Å². The lowest BCUT2D eigenvalue weighted by atomic mass is 10.0. The highest BCUT2D eigenvalue weighted by molar-refractivity contribution is 5.99. The highest BCUT2D eigenvalue weighted by Crippen LogP contribution is 2.16. The van der Waals surface area contributed by atoms with Gasteiger partial charge in [-0.15, -0.1) is 0 Å². The number of carbonyl (C=O) groups is 4.